The van der Waals surface area contributed by atoms with E-state index >= 15 is 0 Å². The summed E-state index contributed by atoms with van der Waals surface area (Å²) in [5.41, 5.74) is 1.17. The fraction of sp³-hybridized carbons (Fsp3) is 0.682. The van der Waals surface area contributed by atoms with Crippen molar-refractivity contribution in [2.45, 2.75) is 12.0 Å². The average Bonchev–Trinajstić information content (AvgIpc) is 3.11. The molecule has 0 saturated carbocycles. The number of ether oxygens (including phenoxy) is 1. The maximum atomic E-state index is 12.7. The largest absolute Gasteiger partial charge is 0.387 e. The van der Waals surface area contributed by atoms with Gasteiger partial charge in [0.15, 0.2) is 0 Å². The molecule has 8 nitrogen and oxygen atoms in total. The first-order valence-corrected chi connectivity index (χ1v) is 11.1. The first kappa shape index (κ1) is 21.5. The Hall–Kier alpha value is -1.71. The molecule has 3 aliphatic rings. The van der Waals surface area contributed by atoms with Crippen LogP contribution < -0.4 is 10.2 Å². The number of carbonyl (C=O) groups excluding carboxylic acids is 1. The number of hydrogen-bond donors (Lipinski definition) is 2. The van der Waals surface area contributed by atoms with Crippen LogP contribution in [0.15, 0.2) is 24.3 Å². The van der Waals surface area contributed by atoms with E-state index in [1.54, 1.807) is 0 Å². The Bertz CT molecular complexity index is 718. The Kier molecular flexibility index (Phi) is 6.90. The van der Waals surface area contributed by atoms with Gasteiger partial charge in [0.2, 0.25) is 5.91 Å². The maximum Gasteiger partial charge on any atom is 0.238 e. The van der Waals surface area contributed by atoms with Crippen molar-refractivity contribution < 1.29 is 14.6 Å². The molecule has 0 unspecified atom stereocenters. The molecule has 3 heterocycles. The smallest absolute Gasteiger partial charge is 0.238 e. The van der Waals surface area contributed by atoms with Crippen molar-refractivity contribution in [1.29, 1.82) is 0 Å². The molecule has 0 spiro atoms. The van der Waals surface area contributed by atoms with E-state index in [-0.39, 0.29) is 5.91 Å². The second-order valence-electron chi connectivity index (χ2n) is 8.93. The SMILES string of the molecule is CN1CCN(C[C@]2(O)CCN(CC(=O)Nc3ccccc3N3CCOCC3)C2)CC1. The Morgan fingerprint density at radius 3 is 2.57 bits per heavy atom. The van der Waals surface area contributed by atoms with Gasteiger partial charge in [0.25, 0.3) is 0 Å². The Morgan fingerprint density at radius 1 is 1.07 bits per heavy atom. The molecule has 8 heteroatoms. The molecule has 0 radical (unpaired) electrons. The summed E-state index contributed by atoms with van der Waals surface area (Å²) in [5, 5.41) is 14.1. The molecular weight excluding hydrogens is 382 g/mol. The van der Waals surface area contributed by atoms with Crippen molar-refractivity contribution in [1.82, 2.24) is 14.7 Å². The molecule has 4 rings (SSSR count). The van der Waals surface area contributed by atoms with Crippen molar-refractivity contribution in [2.24, 2.45) is 0 Å². The highest BCUT2D eigenvalue weighted by atomic mass is 16.5. The zero-order valence-electron chi connectivity index (χ0n) is 18.1. The summed E-state index contributed by atoms with van der Waals surface area (Å²) in [6.45, 7) is 9.48. The lowest BCUT2D eigenvalue weighted by Crippen LogP contribution is -2.52. The normalized spacial score (nSPS) is 26.8. The molecular formula is C22H35N5O3. The number of hydrogen-bond acceptors (Lipinski definition) is 7. The van der Waals surface area contributed by atoms with Gasteiger partial charge in [-0.15, -0.1) is 0 Å². The summed E-state index contributed by atoms with van der Waals surface area (Å²) in [6.07, 6.45) is 0.719. The van der Waals surface area contributed by atoms with Crippen molar-refractivity contribution >= 4 is 17.3 Å². The number of benzene rings is 1. The van der Waals surface area contributed by atoms with Crippen molar-refractivity contribution in [3.05, 3.63) is 24.3 Å². The van der Waals surface area contributed by atoms with Crippen LogP contribution in [-0.4, -0.2) is 117 Å². The van der Waals surface area contributed by atoms with Gasteiger partial charge >= 0.3 is 0 Å². The second kappa shape index (κ2) is 9.62. The van der Waals surface area contributed by atoms with E-state index < -0.39 is 5.60 Å². The van der Waals surface area contributed by atoms with Gasteiger partial charge in [0.1, 0.15) is 0 Å². The quantitative estimate of drug-likeness (QED) is 0.683. The van der Waals surface area contributed by atoms with Crippen LogP contribution in [0.5, 0.6) is 0 Å². The van der Waals surface area contributed by atoms with Crippen LogP contribution in [-0.2, 0) is 9.53 Å². The number of likely N-dealkylation sites (N-methyl/N-ethyl adjacent to an activating group) is 1. The molecule has 30 heavy (non-hydrogen) atoms. The molecule has 0 aliphatic carbocycles. The number of para-hydroxylation sites is 2. The van der Waals surface area contributed by atoms with Crippen molar-refractivity contribution in [2.75, 3.05) is 95.9 Å². The number of morpholine rings is 1. The number of β-amino-alcohol motifs (C(OH)–C–C–N with tert-alkyl or cyclic N) is 1. The highest BCUT2D eigenvalue weighted by molar-refractivity contribution is 5.95. The highest BCUT2D eigenvalue weighted by Gasteiger charge is 2.38. The predicted octanol–water partition coefficient (Wildman–Crippen LogP) is 0.146. The van der Waals surface area contributed by atoms with E-state index in [4.69, 9.17) is 4.74 Å². The number of nitrogens with one attached hydrogen (secondary N) is 1. The zero-order valence-corrected chi connectivity index (χ0v) is 18.1. The van der Waals surface area contributed by atoms with Crippen LogP contribution in [0.2, 0.25) is 0 Å². The molecule has 2 N–H and O–H groups in total. The Morgan fingerprint density at radius 2 is 1.80 bits per heavy atom. The van der Waals surface area contributed by atoms with Gasteiger partial charge in [0.05, 0.1) is 36.7 Å². The van der Waals surface area contributed by atoms with E-state index in [1.807, 2.05) is 24.3 Å². The number of rotatable bonds is 6. The van der Waals surface area contributed by atoms with Crippen molar-refractivity contribution in [3.63, 3.8) is 0 Å². The molecule has 1 aromatic rings. The van der Waals surface area contributed by atoms with E-state index in [9.17, 15) is 9.90 Å². The lowest BCUT2D eigenvalue weighted by atomic mass is 10.0. The third-order valence-electron chi connectivity index (χ3n) is 6.42. The van der Waals surface area contributed by atoms with Gasteiger partial charge in [-0.3, -0.25) is 14.6 Å². The molecule has 3 aliphatic heterocycles. The van der Waals surface area contributed by atoms with Gasteiger partial charge in [-0.05, 0) is 25.6 Å². The summed E-state index contributed by atoms with van der Waals surface area (Å²) in [7, 11) is 2.14. The molecule has 166 valence electrons. The number of nitrogens with zero attached hydrogens (tertiary/aromatic N) is 4. The van der Waals surface area contributed by atoms with Gasteiger partial charge in [0, 0.05) is 58.9 Å². The Labute approximate surface area is 179 Å². The number of aliphatic hydroxyl groups is 1. The fourth-order valence-corrected chi connectivity index (χ4v) is 4.68. The first-order chi connectivity index (χ1) is 14.5. The monoisotopic (exact) mass is 417 g/mol. The third kappa shape index (κ3) is 5.50. The second-order valence-corrected chi connectivity index (χ2v) is 8.93. The summed E-state index contributed by atoms with van der Waals surface area (Å²) < 4.78 is 5.44. The van der Waals surface area contributed by atoms with Crippen LogP contribution in [0.25, 0.3) is 0 Å². The maximum absolute atomic E-state index is 12.7. The van der Waals surface area contributed by atoms with Gasteiger partial charge < -0.3 is 25.0 Å². The standard InChI is InChI=1S/C22H35N5O3/c1-24-8-10-25(11-9-24)17-22(29)6-7-26(18-22)16-21(28)23-19-4-2-3-5-20(19)27-12-14-30-15-13-27/h2-5,29H,6-18H2,1H3,(H,23,28)/t22-/m1/s1. The van der Waals surface area contributed by atoms with Gasteiger partial charge in [-0.25, -0.2) is 0 Å². The van der Waals surface area contributed by atoms with E-state index in [0.29, 0.717) is 32.8 Å². The lowest BCUT2D eigenvalue weighted by molar-refractivity contribution is -0.117. The van der Waals surface area contributed by atoms with E-state index in [2.05, 4.69) is 32.0 Å². The number of piperazine rings is 1. The molecule has 1 atom stereocenters. The molecule has 1 aromatic carbocycles. The minimum atomic E-state index is -0.720. The topological polar surface area (TPSA) is 71.5 Å². The van der Waals surface area contributed by atoms with Gasteiger partial charge in [-0.1, -0.05) is 12.1 Å². The average molecular weight is 418 g/mol. The van der Waals surface area contributed by atoms with Crippen LogP contribution in [0.3, 0.4) is 0 Å². The van der Waals surface area contributed by atoms with Gasteiger partial charge in [-0.2, -0.15) is 0 Å². The molecule has 0 bridgehead atoms. The number of anilines is 2. The summed E-state index contributed by atoms with van der Waals surface area (Å²) in [4.78, 5) is 21.7. The fourth-order valence-electron chi connectivity index (χ4n) is 4.68. The number of likely N-dealkylation sites (tertiary alicyclic amines) is 1. The Balaban J connectivity index is 1.29. The van der Waals surface area contributed by atoms with Crippen molar-refractivity contribution in [3.8, 4) is 0 Å². The number of amides is 1. The summed E-state index contributed by atoms with van der Waals surface area (Å²) >= 11 is 0. The minimum Gasteiger partial charge on any atom is -0.387 e. The van der Waals surface area contributed by atoms with E-state index in [0.717, 1.165) is 63.6 Å². The lowest BCUT2D eigenvalue weighted by Gasteiger charge is -2.36. The van der Waals surface area contributed by atoms with Crippen LogP contribution >= 0.6 is 0 Å². The summed E-state index contributed by atoms with van der Waals surface area (Å²) in [5.74, 6) is -0.0282. The minimum absolute atomic E-state index is 0.0282. The summed E-state index contributed by atoms with van der Waals surface area (Å²) in [6, 6.07) is 7.95. The van der Waals surface area contributed by atoms with E-state index in [1.165, 1.54) is 0 Å². The highest BCUT2D eigenvalue weighted by Crippen LogP contribution is 2.27. The molecule has 3 fully saturated rings. The zero-order chi connectivity index (χ0) is 21.0. The van der Waals surface area contributed by atoms with Crippen LogP contribution in [0, 0.1) is 0 Å². The predicted molar refractivity (Wildman–Crippen MR) is 118 cm³/mol. The van der Waals surface area contributed by atoms with Crippen LogP contribution in [0.1, 0.15) is 6.42 Å². The third-order valence-corrected chi connectivity index (χ3v) is 6.42. The molecule has 0 aromatic heterocycles. The number of carbonyl (C=O) groups is 1. The van der Waals surface area contributed by atoms with Crippen LogP contribution in [0.4, 0.5) is 11.4 Å². The first-order valence-electron chi connectivity index (χ1n) is 11.1. The molecule has 3 saturated heterocycles. The molecule has 1 amide bonds.